The molecule has 20 heavy (non-hydrogen) atoms. The lowest BCUT2D eigenvalue weighted by molar-refractivity contribution is 0.0954. The van der Waals surface area contributed by atoms with Crippen molar-refractivity contribution in [2.75, 3.05) is 0 Å². The summed E-state index contributed by atoms with van der Waals surface area (Å²) in [5.41, 5.74) is 4.24. The zero-order valence-electron chi connectivity index (χ0n) is 12.6. The van der Waals surface area contributed by atoms with Gasteiger partial charge in [0.15, 0.2) is 0 Å². The topological polar surface area (TPSA) is 41.5 Å². The largest absolute Gasteiger partial charge is 0.271 e. The highest BCUT2D eigenvalue weighted by atomic mass is 35.5. The Bertz CT molecular complexity index is 452. The van der Waals surface area contributed by atoms with Crippen LogP contribution in [0.1, 0.15) is 50.9 Å². The molecule has 1 rings (SSSR count). The van der Waals surface area contributed by atoms with Crippen molar-refractivity contribution in [2.24, 2.45) is 16.9 Å². The molecule has 3 nitrogen and oxygen atoms in total. The molecular weight excluding hydrogens is 272 g/mol. The fourth-order valence-corrected chi connectivity index (χ4v) is 2.04. The van der Waals surface area contributed by atoms with Crippen LogP contribution in [0.5, 0.6) is 0 Å². The maximum atomic E-state index is 12.0. The quantitative estimate of drug-likeness (QED) is 0.608. The molecule has 0 aliphatic carbocycles. The van der Waals surface area contributed by atoms with E-state index in [9.17, 15) is 4.79 Å². The van der Waals surface area contributed by atoms with Gasteiger partial charge >= 0.3 is 0 Å². The van der Waals surface area contributed by atoms with Crippen LogP contribution in [0.4, 0.5) is 0 Å². The number of hydrogen-bond donors (Lipinski definition) is 1. The minimum atomic E-state index is -0.202. The fourth-order valence-electron chi connectivity index (χ4n) is 1.91. The van der Waals surface area contributed by atoms with Gasteiger partial charge in [0.2, 0.25) is 0 Å². The summed E-state index contributed by atoms with van der Waals surface area (Å²) < 4.78 is 0. The van der Waals surface area contributed by atoms with Gasteiger partial charge in [-0.2, -0.15) is 5.10 Å². The number of rotatable bonds is 6. The molecule has 0 radical (unpaired) electrons. The number of nitrogens with zero attached hydrogens (tertiary/aromatic N) is 1. The number of carbonyl (C=O) groups excluding carboxylic acids is 1. The summed E-state index contributed by atoms with van der Waals surface area (Å²) in [5.74, 6) is 0.853. The van der Waals surface area contributed by atoms with E-state index in [4.69, 9.17) is 11.6 Å². The zero-order chi connectivity index (χ0) is 15.1. The van der Waals surface area contributed by atoms with Crippen molar-refractivity contribution < 1.29 is 4.79 Å². The molecule has 1 N–H and O–H groups in total. The molecule has 0 atom stereocenters. The number of hydrogen-bond acceptors (Lipinski definition) is 2. The van der Waals surface area contributed by atoms with Crippen LogP contribution >= 0.6 is 11.6 Å². The second kappa shape index (κ2) is 8.05. The lowest BCUT2D eigenvalue weighted by atomic mass is 9.99. The molecule has 1 aromatic carbocycles. The first-order chi connectivity index (χ1) is 9.38. The molecule has 0 saturated heterocycles. The van der Waals surface area contributed by atoms with Crippen LogP contribution in [0.3, 0.4) is 0 Å². The predicted octanol–water partition coefficient (Wildman–Crippen LogP) is 4.52. The van der Waals surface area contributed by atoms with Crippen LogP contribution in [0.2, 0.25) is 5.02 Å². The third-order valence-electron chi connectivity index (χ3n) is 2.71. The van der Waals surface area contributed by atoms with Gasteiger partial charge in [0.1, 0.15) is 0 Å². The van der Waals surface area contributed by atoms with Gasteiger partial charge in [0, 0.05) is 16.3 Å². The SMILES string of the molecule is CC(C)CC(CC(C)C)=NNC(=O)c1ccc(Cl)cc1. The van der Waals surface area contributed by atoms with Crippen molar-refractivity contribution in [3.63, 3.8) is 0 Å². The van der Waals surface area contributed by atoms with E-state index in [0.717, 1.165) is 18.6 Å². The molecule has 0 heterocycles. The van der Waals surface area contributed by atoms with Gasteiger partial charge in [-0.25, -0.2) is 5.43 Å². The number of benzene rings is 1. The standard InChI is InChI=1S/C16H23ClN2O/c1-11(2)9-15(10-12(3)4)18-19-16(20)13-5-7-14(17)8-6-13/h5-8,11-12H,9-10H2,1-4H3,(H,19,20). The van der Waals surface area contributed by atoms with Gasteiger partial charge in [-0.3, -0.25) is 4.79 Å². The average Bonchev–Trinajstić information content (AvgIpc) is 2.35. The Morgan fingerprint density at radius 3 is 2.05 bits per heavy atom. The van der Waals surface area contributed by atoms with E-state index in [1.807, 2.05) is 0 Å². The maximum Gasteiger partial charge on any atom is 0.271 e. The summed E-state index contributed by atoms with van der Waals surface area (Å²) >= 11 is 5.80. The molecule has 0 spiro atoms. The van der Waals surface area contributed by atoms with Gasteiger partial charge < -0.3 is 0 Å². The van der Waals surface area contributed by atoms with Gasteiger partial charge in [-0.05, 0) is 48.9 Å². The fraction of sp³-hybridized carbons (Fsp3) is 0.500. The maximum absolute atomic E-state index is 12.0. The van der Waals surface area contributed by atoms with E-state index in [0.29, 0.717) is 22.4 Å². The molecule has 0 aromatic heterocycles. The molecular formula is C16H23ClN2O. The summed E-state index contributed by atoms with van der Waals surface area (Å²) in [7, 11) is 0. The highest BCUT2D eigenvalue weighted by Crippen LogP contribution is 2.11. The van der Waals surface area contributed by atoms with Crippen LogP contribution in [0, 0.1) is 11.8 Å². The third kappa shape index (κ3) is 6.20. The lowest BCUT2D eigenvalue weighted by Crippen LogP contribution is -2.21. The summed E-state index contributed by atoms with van der Waals surface area (Å²) in [6.45, 7) is 8.60. The zero-order valence-corrected chi connectivity index (χ0v) is 13.4. The smallest absolute Gasteiger partial charge is 0.267 e. The molecule has 110 valence electrons. The predicted molar refractivity (Wildman–Crippen MR) is 85.3 cm³/mol. The Morgan fingerprint density at radius 1 is 1.10 bits per heavy atom. The Kier molecular flexibility index (Phi) is 6.73. The van der Waals surface area contributed by atoms with Crippen LogP contribution in [-0.4, -0.2) is 11.6 Å². The van der Waals surface area contributed by atoms with E-state index in [1.165, 1.54) is 0 Å². The molecule has 0 aliphatic heterocycles. The summed E-state index contributed by atoms with van der Waals surface area (Å²) in [4.78, 5) is 12.0. The van der Waals surface area contributed by atoms with Crippen molar-refractivity contribution in [1.82, 2.24) is 5.43 Å². The van der Waals surface area contributed by atoms with E-state index in [1.54, 1.807) is 24.3 Å². The van der Waals surface area contributed by atoms with Crippen LogP contribution in [0.15, 0.2) is 29.4 Å². The van der Waals surface area contributed by atoms with Crippen molar-refractivity contribution in [1.29, 1.82) is 0 Å². The molecule has 0 fully saturated rings. The number of amides is 1. The monoisotopic (exact) mass is 294 g/mol. The first-order valence-electron chi connectivity index (χ1n) is 6.99. The Hall–Kier alpha value is -1.35. The number of nitrogens with one attached hydrogen (secondary N) is 1. The lowest BCUT2D eigenvalue weighted by Gasteiger charge is -2.11. The molecule has 0 unspecified atom stereocenters. The molecule has 0 bridgehead atoms. The summed E-state index contributed by atoms with van der Waals surface area (Å²) in [6, 6.07) is 6.78. The van der Waals surface area contributed by atoms with Crippen molar-refractivity contribution in [3.8, 4) is 0 Å². The highest BCUT2D eigenvalue weighted by molar-refractivity contribution is 6.30. The normalized spacial score (nSPS) is 10.8. The molecule has 0 saturated carbocycles. The van der Waals surface area contributed by atoms with Crippen molar-refractivity contribution in [2.45, 2.75) is 40.5 Å². The van der Waals surface area contributed by atoms with Crippen LogP contribution in [-0.2, 0) is 0 Å². The number of hydrazone groups is 1. The Labute approximate surface area is 126 Å². The van der Waals surface area contributed by atoms with E-state index in [-0.39, 0.29) is 5.91 Å². The number of carbonyl (C=O) groups is 1. The molecule has 1 aromatic rings. The van der Waals surface area contributed by atoms with E-state index >= 15 is 0 Å². The van der Waals surface area contributed by atoms with Gasteiger partial charge in [-0.1, -0.05) is 39.3 Å². The third-order valence-corrected chi connectivity index (χ3v) is 2.96. The molecule has 4 heteroatoms. The first-order valence-corrected chi connectivity index (χ1v) is 7.37. The van der Waals surface area contributed by atoms with E-state index < -0.39 is 0 Å². The molecule has 1 amide bonds. The van der Waals surface area contributed by atoms with Crippen LogP contribution in [0.25, 0.3) is 0 Å². The minimum Gasteiger partial charge on any atom is -0.267 e. The summed E-state index contributed by atoms with van der Waals surface area (Å²) in [5, 5.41) is 4.90. The number of halogens is 1. The van der Waals surface area contributed by atoms with Gasteiger partial charge in [0.25, 0.3) is 5.91 Å². The van der Waals surface area contributed by atoms with Crippen molar-refractivity contribution in [3.05, 3.63) is 34.9 Å². The van der Waals surface area contributed by atoms with Gasteiger partial charge in [0.05, 0.1) is 0 Å². The second-order valence-corrected chi connectivity index (χ2v) is 6.26. The van der Waals surface area contributed by atoms with Gasteiger partial charge in [-0.15, -0.1) is 0 Å². The second-order valence-electron chi connectivity index (χ2n) is 5.82. The Morgan fingerprint density at radius 2 is 1.60 bits per heavy atom. The van der Waals surface area contributed by atoms with Crippen molar-refractivity contribution >= 4 is 23.2 Å². The highest BCUT2D eigenvalue weighted by Gasteiger charge is 2.08. The minimum absolute atomic E-state index is 0.202. The first kappa shape index (κ1) is 16.7. The Balaban J connectivity index is 2.70. The summed E-state index contributed by atoms with van der Waals surface area (Å²) in [6.07, 6.45) is 1.80. The average molecular weight is 295 g/mol. The van der Waals surface area contributed by atoms with Crippen LogP contribution < -0.4 is 5.43 Å². The molecule has 0 aliphatic rings. The van der Waals surface area contributed by atoms with E-state index in [2.05, 4.69) is 38.2 Å².